The molecule has 1 aromatic heterocycles. The molecule has 0 aliphatic carbocycles. The first-order valence-electron chi connectivity index (χ1n) is 6.10. The van der Waals surface area contributed by atoms with Crippen molar-refractivity contribution in [1.82, 2.24) is 4.57 Å². The van der Waals surface area contributed by atoms with Crippen LogP contribution in [0.3, 0.4) is 0 Å². The molecule has 0 atom stereocenters. The lowest BCUT2D eigenvalue weighted by molar-refractivity contribution is -0.173. The van der Waals surface area contributed by atoms with Crippen LogP contribution >= 0.6 is 0 Å². The van der Waals surface area contributed by atoms with Gasteiger partial charge < -0.3 is 9.30 Å². The molecular formula is C14H14F3NO2. The number of rotatable bonds is 5. The minimum absolute atomic E-state index is 0.0654. The molecule has 2 aromatic rings. The van der Waals surface area contributed by atoms with E-state index >= 15 is 0 Å². The van der Waals surface area contributed by atoms with Crippen LogP contribution in [0.5, 0.6) is 0 Å². The maximum atomic E-state index is 12.0. The number of nitrogens with zero attached hydrogens (tertiary/aromatic N) is 1. The largest absolute Gasteiger partial charge is 0.411 e. The summed E-state index contributed by atoms with van der Waals surface area (Å²) in [6, 6.07) is 7.38. The first-order valence-corrected chi connectivity index (χ1v) is 6.10. The van der Waals surface area contributed by atoms with Gasteiger partial charge in [-0.2, -0.15) is 13.2 Å². The number of hydrogen-bond acceptors (Lipinski definition) is 2. The summed E-state index contributed by atoms with van der Waals surface area (Å²) in [5.41, 5.74) is 1.42. The number of aromatic nitrogens is 1. The summed E-state index contributed by atoms with van der Waals surface area (Å²) in [6.07, 6.45) is -2.73. The molecule has 0 amide bonds. The molecule has 0 saturated carbocycles. The highest BCUT2D eigenvalue weighted by Gasteiger charge is 2.27. The zero-order valence-electron chi connectivity index (χ0n) is 10.9. The van der Waals surface area contributed by atoms with Gasteiger partial charge in [-0.1, -0.05) is 18.2 Å². The maximum Gasteiger partial charge on any atom is 0.411 e. The summed E-state index contributed by atoms with van der Waals surface area (Å²) >= 11 is 0. The molecule has 0 saturated heterocycles. The van der Waals surface area contributed by atoms with E-state index in [2.05, 4.69) is 4.74 Å². The second-order valence-electron chi connectivity index (χ2n) is 4.51. The summed E-state index contributed by atoms with van der Waals surface area (Å²) in [6.45, 7) is -1.56. The highest BCUT2D eigenvalue weighted by atomic mass is 19.4. The minimum atomic E-state index is -4.36. The Hall–Kier alpha value is -1.82. The van der Waals surface area contributed by atoms with Crippen LogP contribution in [0.1, 0.15) is 16.8 Å². The van der Waals surface area contributed by atoms with Gasteiger partial charge in [0.25, 0.3) is 0 Å². The summed E-state index contributed by atoms with van der Waals surface area (Å²) in [5, 5.41) is 0.802. The minimum Gasteiger partial charge on any atom is -0.372 e. The van der Waals surface area contributed by atoms with Crippen LogP contribution < -0.4 is 0 Å². The first kappa shape index (κ1) is 14.6. The fourth-order valence-electron chi connectivity index (χ4n) is 2.05. The molecule has 0 bridgehead atoms. The molecule has 0 radical (unpaired) electrons. The number of ether oxygens (including phenoxy) is 1. The molecule has 108 valence electrons. The average molecular weight is 285 g/mol. The molecule has 0 unspecified atom stereocenters. The van der Waals surface area contributed by atoms with Crippen LogP contribution in [-0.4, -0.2) is 29.7 Å². The Bertz CT molecular complexity index is 616. The van der Waals surface area contributed by atoms with Crippen molar-refractivity contribution in [3.63, 3.8) is 0 Å². The average Bonchev–Trinajstić information content (AvgIpc) is 2.72. The van der Waals surface area contributed by atoms with Crippen LogP contribution in [0.25, 0.3) is 10.9 Å². The Morgan fingerprint density at radius 1 is 1.30 bits per heavy atom. The normalized spacial score (nSPS) is 12.0. The van der Waals surface area contributed by atoms with E-state index in [1.807, 2.05) is 35.9 Å². The predicted molar refractivity (Wildman–Crippen MR) is 68.7 cm³/mol. The Balaban J connectivity index is 2.02. The smallest absolute Gasteiger partial charge is 0.372 e. The van der Waals surface area contributed by atoms with Crippen molar-refractivity contribution < 1.29 is 22.7 Å². The molecule has 6 heteroatoms. The predicted octanol–water partition coefficient (Wildman–Crippen LogP) is 3.33. The molecule has 0 N–H and O–H groups in total. The van der Waals surface area contributed by atoms with E-state index in [-0.39, 0.29) is 18.8 Å². The molecule has 2 rings (SSSR count). The van der Waals surface area contributed by atoms with Crippen molar-refractivity contribution in [2.24, 2.45) is 7.05 Å². The third kappa shape index (κ3) is 3.39. The van der Waals surface area contributed by atoms with Crippen LogP contribution in [0.4, 0.5) is 13.2 Å². The van der Waals surface area contributed by atoms with Crippen molar-refractivity contribution >= 4 is 16.7 Å². The van der Waals surface area contributed by atoms with Crippen molar-refractivity contribution in [2.45, 2.75) is 12.6 Å². The first-order chi connectivity index (χ1) is 9.38. The number of para-hydroxylation sites is 1. The van der Waals surface area contributed by atoms with Crippen LogP contribution in [0, 0.1) is 0 Å². The second kappa shape index (κ2) is 5.66. The van der Waals surface area contributed by atoms with Crippen LogP contribution in [0.2, 0.25) is 0 Å². The van der Waals surface area contributed by atoms with Gasteiger partial charge in [0.05, 0.1) is 6.61 Å². The lowest BCUT2D eigenvalue weighted by atomic mass is 10.1. The number of alkyl halides is 3. The number of Topliss-reactive ketones (excluding diaryl/α,β-unsaturated/α-hetero) is 1. The third-order valence-electron chi connectivity index (χ3n) is 2.94. The summed E-state index contributed by atoms with van der Waals surface area (Å²) < 4.78 is 42.0. The zero-order valence-corrected chi connectivity index (χ0v) is 10.9. The topological polar surface area (TPSA) is 31.2 Å². The number of aryl methyl sites for hydroxylation is 1. The fraction of sp³-hybridized carbons (Fsp3) is 0.357. The van der Waals surface area contributed by atoms with Gasteiger partial charge in [0, 0.05) is 36.1 Å². The SMILES string of the molecule is Cn1cc(C(=O)CCOCC(F)(F)F)c2ccccc21. The Kier molecular flexibility index (Phi) is 4.13. The van der Waals surface area contributed by atoms with Crippen molar-refractivity contribution in [2.75, 3.05) is 13.2 Å². The number of ketones is 1. The highest BCUT2D eigenvalue weighted by molar-refractivity contribution is 6.08. The third-order valence-corrected chi connectivity index (χ3v) is 2.94. The Morgan fingerprint density at radius 2 is 2.00 bits per heavy atom. The van der Waals surface area contributed by atoms with Gasteiger partial charge in [0.2, 0.25) is 0 Å². The lowest BCUT2D eigenvalue weighted by Gasteiger charge is -2.06. The monoisotopic (exact) mass is 285 g/mol. The summed E-state index contributed by atoms with van der Waals surface area (Å²) in [4.78, 5) is 12.0. The standard InChI is InChI=1S/C14H14F3NO2/c1-18-8-11(10-4-2-3-5-12(10)18)13(19)6-7-20-9-14(15,16)17/h2-5,8H,6-7,9H2,1H3. The number of carbonyl (C=O) groups is 1. The molecule has 0 spiro atoms. The molecule has 3 nitrogen and oxygen atoms in total. The summed E-state index contributed by atoms with van der Waals surface area (Å²) in [5.74, 6) is -0.219. The quantitative estimate of drug-likeness (QED) is 0.623. The summed E-state index contributed by atoms with van der Waals surface area (Å²) in [7, 11) is 1.82. The van der Waals surface area contributed by atoms with Gasteiger partial charge in [0.1, 0.15) is 6.61 Å². The fourth-order valence-corrected chi connectivity index (χ4v) is 2.05. The van der Waals surface area contributed by atoms with Gasteiger partial charge in [-0.05, 0) is 6.07 Å². The maximum absolute atomic E-state index is 12.0. The molecular weight excluding hydrogens is 271 g/mol. The van der Waals surface area contributed by atoms with Crippen molar-refractivity contribution in [1.29, 1.82) is 0 Å². The Labute approximate surface area is 113 Å². The Morgan fingerprint density at radius 3 is 2.70 bits per heavy atom. The molecule has 0 fully saturated rings. The van der Waals surface area contributed by atoms with Gasteiger partial charge in [-0.3, -0.25) is 4.79 Å². The molecule has 1 aromatic carbocycles. The highest BCUT2D eigenvalue weighted by Crippen LogP contribution is 2.21. The zero-order chi connectivity index (χ0) is 14.8. The van der Waals surface area contributed by atoms with Gasteiger partial charge >= 0.3 is 6.18 Å². The lowest BCUT2D eigenvalue weighted by Crippen LogP contribution is -2.18. The van der Waals surface area contributed by atoms with Crippen LogP contribution in [-0.2, 0) is 11.8 Å². The molecule has 0 aliphatic rings. The van der Waals surface area contributed by atoms with Crippen molar-refractivity contribution in [3.05, 3.63) is 36.0 Å². The second-order valence-corrected chi connectivity index (χ2v) is 4.51. The van der Waals surface area contributed by atoms with Gasteiger partial charge in [0.15, 0.2) is 5.78 Å². The number of benzene rings is 1. The van der Waals surface area contributed by atoms with Gasteiger partial charge in [-0.15, -0.1) is 0 Å². The van der Waals surface area contributed by atoms with E-state index in [1.165, 1.54) is 0 Å². The van der Waals surface area contributed by atoms with E-state index < -0.39 is 12.8 Å². The van der Waals surface area contributed by atoms with Crippen molar-refractivity contribution in [3.8, 4) is 0 Å². The van der Waals surface area contributed by atoms with E-state index in [0.29, 0.717) is 5.56 Å². The van der Waals surface area contributed by atoms with Gasteiger partial charge in [-0.25, -0.2) is 0 Å². The molecule has 0 aliphatic heterocycles. The number of hydrogen-bond donors (Lipinski definition) is 0. The van der Waals surface area contributed by atoms with E-state index in [9.17, 15) is 18.0 Å². The van der Waals surface area contributed by atoms with E-state index in [1.54, 1.807) is 6.20 Å². The van der Waals surface area contributed by atoms with E-state index in [4.69, 9.17) is 0 Å². The molecule has 20 heavy (non-hydrogen) atoms. The molecule has 1 heterocycles. The number of fused-ring (bicyclic) bond motifs is 1. The number of carbonyl (C=O) groups excluding carboxylic acids is 1. The van der Waals surface area contributed by atoms with E-state index in [0.717, 1.165) is 10.9 Å². The van der Waals surface area contributed by atoms with Crippen LogP contribution in [0.15, 0.2) is 30.5 Å². The number of halogens is 3.